The number of nitrogens with one attached hydrogen (secondary N) is 2. The lowest BCUT2D eigenvalue weighted by Gasteiger charge is -2.28. The van der Waals surface area contributed by atoms with Crippen molar-refractivity contribution in [3.05, 3.63) is 24.3 Å². The summed E-state index contributed by atoms with van der Waals surface area (Å²) in [4.78, 5) is 0. The lowest BCUT2D eigenvalue weighted by Crippen LogP contribution is -2.34. The predicted molar refractivity (Wildman–Crippen MR) is 55.1 cm³/mol. The van der Waals surface area contributed by atoms with Gasteiger partial charge >= 0.3 is 0 Å². The highest BCUT2D eigenvalue weighted by Crippen LogP contribution is 2.37. The van der Waals surface area contributed by atoms with Gasteiger partial charge in [0.15, 0.2) is 0 Å². The van der Waals surface area contributed by atoms with Crippen LogP contribution in [-0.2, 0) is 0 Å². The number of anilines is 2. The zero-order valence-corrected chi connectivity index (χ0v) is 7.59. The molecule has 2 N–H and O–H groups in total. The highest BCUT2D eigenvalue weighted by atomic mass is 15.1. The lowest BCUT2D eigenvalue weighted by atomic mass is 10.1. The van der Waals surface area contributed by atoms with Gasteiger partial charge in [-0.3, -0.25) is 0 Å². The Morgan fingerprint density at radius 2 is 1.85 bits per heavy atom. The zero-order chi connectivity index (χ0) is 8.67. The molecule has 1 saturated carbocycles. The largest absolute Gasteiger partial charge is 0.381 e. The number of fused-ring (bicyclic) bond motifs is 1. The summed E-state index contributed by atoms with van der Waals surface area (Å²) in [6, 6.07) is 9.10. The Labute approximate surface area is 78.3 Å². The van der Waals surface area contributed by atoms with Crippen LogP contribution in [0, 0.1) is 5.92 Å². The summed E-state index contributed by atoms with van der Waals surface area (Å²) in [6.07, 6.45) is 2.81. The molecule has 2 aliphatic rings. The second-order valence-electron chi connectivity index (χ2n) is 4.01. The molecule has 0 amide bonds. The van der Waals surface area contributed by atoms with Crippen LogP contribution in [0.4, 0.5) is 11.4 Å². The normalized spacial score (nSPS) is 25.7. The first kappa shape index (κ1) is 7.25. The Balaban J connectivity index is 1.85. The molecular formula is C11H14N2. The summed E-state index contributed by atoms with van der Waals surface area (Å²) in [5, 5.41) is 7.07. The van der Waals surface area contributed by atoms with E-state index in [9.17, 15) is 0 Å². The Kier molecular flexibility index (Phi) is 1.48. The van der Waals surface area contributed by atoms with E-state index in [2.05, 4.69) is 34.9 Å². The maximum atomic E-state index is 3.60. The van der Waals surface area contributed by atoms with Crippen LogP contribution in [-0.4, -0.2) is 12.6 Å². The first-order valence-corrected chi connectivity index (χ1v) is 5.03. The van der Waals surface area contributed by atoms with Crippen molar-refractivity contribution in [1.82, 2.24) is 0 Å². The molecule has 3 rings (SSSR count). The molecule has 13 heavy (non-hydrogen) atoms. The average molecular weight is 174 g/mol. The summed E-state index contributed by atoms with van der Waals surface area (Å²) in [5.74, 6) is 0.917. The van der Waals surface area contributed by atoms with Crippen LogP contribution < -0.4 is 10.6 Å². The van der Waals surface area contributed by atoms with Crippen molar-refractivity contribution >= 4 is 11.4 Å². The SMILES string of the molecule is c1ccc2c(c1)NCC(C1CC1)N2. The molecule has 1 aliphatic heterocycles. The smallest absolute Gasteiger partial charge is 0.0578 e. The van der Waals surface area contributed by atoms with Crippen molar-refractivity contribution in [2.45, 2.75) is 18.9 Å². The van der Waals surface area contributed by atoms with Crippen molar-refractivity contribution in [3.63, 3.8) is 0 Å². The van der Waals surface area contributed by atoms with Gasteiger partial charge in [-0.2, -0.15) is 0 Å². The van der Waals surface area contributed by atoms with Gasteiger partial charge in [0.2, 0.25) is 0 Å². The predicted octanol–water partition coefficient (Wildman–Crippen LogP) is 2.30. The average Bonchev–Trinajstić information content (AvgIpc) is 3.00. The third-order valence-corrected chi connectivity index (χ3v) is 2.97. The van der Waals surface area contributed by atoms with Gasteiger partial charge in [-0.15, -0.1) is 0 Å². The monoisotopic (exact) mass is 174 g/mol. The first-order valence-electron chi connectivity index (χ1n) is 5.03. The molecule has 68 valence electrons. The molecule has 0 aromatic heterocycles. The number of hydrogen-bond donors (Lipinski definition) is 2. The molecule has 1 fully saturated rings. The minimum absolute atomic E-state index is 0.662. The lowest BCUT2D eigenvalue weighted by molar-refractivity contribution is 0.653. The van der Waals surface area contributed by atoms with Crippen LogP contribution >= 0.6 is 0 Å². The maximum Gasteiger partial charge on any atom is 0.0578 e. The van der Waals surface area contributed by atoms with Crippen LogP contribution in [0.3, 0.4) is 0 Å². The molecule has 2 nitrogen and oxygen atoms in total. The molecule has 0 saturated heterocycles. The minimum atomic E-state index is 0.662. The number of para-hydroxylation sites is 2. The molecular weight excluding hydrogens is 160 g/mol. The van der Waals surface area contributed by atoms with E-state index in [0.29, 0.717) is 6.04 Å². The van der Waals surface area contributed by atoms with Crippen molar-refractivity contribution in [3.8, 4) is 0 Å². The second-order valence-corrected chi connectivity index (χ2v) is 4.01. The third-order valence-electron chi connectivity index (χ3n) is 2.97. The number of rotatable bonds is 1. The van der Waals surface area contributed by atoms with Crippen molar-refractivity contribution in [1.29, 1.82) is 0 Å². The van der Waals surface area contributed by atoms with Gasteiger partial charge < -0.3 is 10.6 Å². The van der Waals surface area contributed by atoms with Crippen LogP contribution in [0.15, 0.2) is 24.3 Å². The quantitative estimate of drug-likeness (QED) is 0.682. The van der Waals surface area contributed by atoms with Gasteiger partial charge in [-0.05, 0) is 30.9 Å². The van der Waals surface area contributed by atoms with Gasteiger partial charge in [0.25, 0.3) is 0 Å². The molecule has 1 atom stereocenters. The minimum Gasteiger partial charge on any atom is -0.381 e. The fourth-order valence-corrected chi connectivity index (χ4v) is 2.02. The van der Waals surface area contributed by atoms with E-state index in [1.54, 1.807) is 0 Å². The molecule has 1 heterocycles. The van der Waals surface area contributed by atoms with Crippen molar-refractivity contribution in [2.75, 3.05) is 17.2 Å². The maximum absolute atomic E-state index is 3.60. The van der Waals surface area contributed by atoms with E-state index in [1.165, 1.54) is 24.2 Å². The van der Waals surface area contributed by atoms with E-state index in [-0.39, 0.29) is 0 Å². The van der Waals surface area contributed by atoms with Gasteiger partial charge in [0, 0.05) is 12.6 Å². The van der Waals surface area contributed by atoms with Crippen LogP contribution in [0.25, 0.3) is 0 Å². The van der Waals surface area contributed by atoms with Gasteiger partial charge in [-0.1, -0.05) is 12.1 Å². The third kappa shape index (κ3) is 1.26. The highest BCUT2D eigenvalue weighted by Gasteiger charge is 2.32. The standard InChI is InChI=1S/C11H14N2/c1-2-4-10-9(3-1)12-7-11(13-10)8-5-6-8/h1-4,8,11-13H,5-7H2. The zero-order valence-electron chi connectivity index (χ0n) is 7.59. The van der Waals surface area contributed by atoms with E-state index in [0.717, 1.165) is 12.5 Å². The van der Waals surface area contributed by atoms with Crippen molar-refractivity contribution in [2.24, 2.45) is 5.92 Å². The Hall–Kier alpha value is -1.18. The van der Waals surface area contributed by atoms with Gasteiger partial charge in [0.1, 0.15) is 0 Å². The van der Waals surface area contributed by atoms with Gasteiger partial charge in [0.05, 0.1) is 11.4 Å². The summed E-state index contributed by atoms with van der Waals surface area (Å²) >= 11 is 0. The Morgan fingerprint density at radius 1 is 1.08 bits per heavy atom. The fraction of sp³-hybridized carbons (Fsp3) is 0.455. The van der Waals surface area contributed by atoms with Crippen LogP contribution in [0.1, 0.15) is 12.8 Å². The Bertz CT molecular complexity index is 318. The highest BCUT2D eigenvalue weighted by molar-refractivity contribution is 5.71. The molecule has 1 aromatic carbocycles. The summed E-state index contributed by atoms with van der Waals surface area (Å²) in [6.45, 7) is 1.08. The molecule has 1 aliphatic carbocycles. The van der Waals surface area contributed by atoms with Crippen LogP contribution in [0.5, 0.6) is 0 Å². The van der Waals surface area contributed by atoms with E-state index >= 15 is 0 Å². The van der Waals surface area contributed by atoms with E-state index in [4.69, 9.17) is 0 Å². The fourth-order valence-electron chi connectivity index (χ4n) is 2.02. The number of hydrogen-bond acceptors (Lipinski definition) is 2. The van der Waals surface area contributed by atoms with Crippen LogP contribution in [0.2, 0.25) is 0 Å². The summed E-state index contributed by atoms with van der Waals surface area (Å²) in [7, 11) is 0. The van der Waals surface area contributed by atoms with Crippen molar-refractivity contribution < 1.29 is 0 Å². The van der Waals surface area contributed by atoms with E-state index < -0.39 is 0 Å². The first-order chi connectivity index (χ1) is 6.43. The van der Waals surface area contributed by atoms with E-state index in [1.807, 2.05) is 0 Å². The van der Waals surface area contributed by atoms with Gasteiger partial charge in [-0.25, -0.2) is 0 Å². The summed E-state index contributed by atoms with van der Waals surface area (Å²) in [5.41, 5.74) is 2.52. The molecule has 1 aromatic rings. The molecule has 0 spiro atoms. The Morgan fingerprint density at radius 3 is 2.62 bits per heavy atom. The molecule has 0 bridgehead atoms. The second kappa shape index (κ2) is 2.66. The molecule has 1 unspecified atom stereocenters. The molecule has 0 radical (unpaired) electrons. The number of benzene rings is 1. The molecule has 2 heteroatoms. The summed E-state index contributed by atoms with van der Waals surface area (Å²) < 4.78 is 0. The topological polar surface area (TPSA) is 24.1 Å².